The first-order chi connectivity index (χ1) is 9.84. The van der Waals surface area contributed by atoms with Crippen molar-refractivity contribution in [2.45, 2.75) is 18.4 Å². The van der Waals surface area contributed by atoms with Gasteiger partial charge in [0.25, 0.3) is 0 Å². The molecular formula is C14H13BrN2O2S2. The van der Waals surface area contributed by atoms with Crippen LogP contribution in [0.1, 0.15) is 16.7 Å². The lowest BCUT2D eigenvalue weighted by molar-refractivity contribution is 0.466. The highest BCUT2D eigenvalue weighted by Crippen LogP contribution is 2.25. The number of halogens is 1. The Balaban J connectivity index is 2.35. The molecule has 0 spiro atoms. The molecule has 0 aliphatic rings. The minimum Gasteiger partial charge on any atom is -0.207 e. The van der Waals surface area contributed by atoms with Crippen molar-refractivity contribution in [3.63, 3.8) is 0 Å². The first kappa shape index (κ1) is 16.2. The molecule has 2 aromatic rings. The van der Waals surface area contributed by atoms with Crippen molar-refractivity contribution in [2.75, 3.05) is 7.05 Å². The van der Waals surface area contributed by atoms with Crippen LogP contribution in [-0.2, 0) is 16.6 Å². The quantitative estimate of drug-likeness (QED) is 0.809. The van der Waals surface area contributed by atoms with E-state index in [2.05, 4.69) is 15.9 Å². The van der Waals surface area contributed by atoms with Crippen molar-refractivity contribution in [2.24, 2.45) is 0 Å². The molecule has 0 aliphatic heterocycles. The molecule has 0 fully saturated rings. The van der Waals surface area contributed by atoms with Gasteiger partial charge in [-0.05, 0) is 57.6 Å². The SMILES string of the molecule is Cc1ccc(C#N)cc1S(=O)(=O)N(C)Cc1csc(Br)c1. The maximum Gasteiger partial charge on any atom is 0.243 e. The summed E-state index contributed by atoms with van der Waals surface area (Å²) in [5.74, 6) is 0. The fourth-order valence-corrected chi connectivity index (χ4v) is 4.49. The summed E-state index contributed by atoms with van der Waals surface area (Å²) in [6.45, 7) is 2.02. The number of thiophene rings is 1. The highest BCUT2D eigenvalue weighted by atomic mass is 79.9. The molecule has 0 unspecified atom stereocenters. The predicted molar refractivity (Wildman–Crippen MR) is 86.6 cm³/mol. The molecule has 4 nitrogen and oxygen atoms in total. The van der Waals surface area contributed by atoms with Crippen molar-refractivity contribution >= 4 is 37.3 Å². The summed E-state index contributed by atoms with van der Waals surface area (Å²) in [6, 6.07) is 8.56. The van der Waals surface area contributed by atoms with Crippen molar-refractivity contribution < 1.29 is 8.42 Å². The number of nitrogens with zero attached hydrogens (tertiary/aromatic N) is 2. The van der Waals surface area contributed by atoms with Gasteiger partial charge in [-0.3, -0.25) is 0 Å². The van der Waals surface area contributed by atoms with E-state index in [0.717, 1.165) is 9.35 Å². The molecule has 0 amide bonds. The van der Waals surface area contributed by atoms with Crippen LogP contribution in [0.25, 0.3) is 0 Å². The third-order valence-corrected chi connectivity index (χ3v) is 6.53. The van der Waals surface area contributed by atoms with E-state index in [1.54, 1.807) is 26.1 Å². The summed E-state index contributed by atoms with van der Waals surface area (Å²) in [6.07, 6.45) is 0. The second-order valence-corrected chi connectivity index (χ2v) is 8.92. The standard InChI is InChI=1S/C14H13BrN2O2S2/c1-10-3-4-11(7-16)5-13(10)21(18,19)17(2)8-12-6-14(15)20-9-12/h3-6,9H,8H2,1-2H3. The summed E-state index contributed by atoms with van der Waals surface area (Å²) in [5, 5.41) is 10.8. The molecule has 0 aliphatic carbocycles. The first-order valence-corrected chi connectivity index (χ1v) is 9.16. The summed E-state index contributed by atoms with van der Waals surface area (Å²) in [7, 11) is -2.08. The molecular weight excluding hydrogens is 372 g/mol. The van der Waals surface area contributed by atoms with Gasteiger partial charge in [-0.25, -0.2) is 8.42 Å². The third kappa shape index (κ3) is 3.52. The maximum atomic E-state index is 12.6. The zero-order valence-electron chi connectivity index (χ0n) is 11.5. The molecule has 7 heteroatoms. The monoisotopic (exact) mass is 384 g/mol. The minimum atomic E-state index is -3.62. The van der Waals surface area contributed by atoms with Crippen LogP contribution in [0.5, 0.6) is 0 Å². The van der Waals surface area contributed by atoms with Crippen LogP contribution in [0, 0.1) is 18.3 Å². The number of hydrogen-bond donors (Lipinski definition) is 0. The van der Waals surface area contributed by atoms with E-state index in [1.807, 2.05) is 17.5 Å². The highest BCUT2D eigenvalue weighted by molar-refractivity contribution is 9.11. The second-order valence-electron chi connectivity index (χ2n) is 4.61. The zero-order chi connectivity index (χ0) is 15.6. The second kappa shape index (κ2) is 6.28. The maximum absolute atomic E-state index is 12.6. The van der Waals surface area contributed by atoms with Crippen LogP contribution in [0.3, 0.4) is 0 Å². The van der Waals surface area contributed by atoms with Gasteiger partial charge in [0.2, 0.25) is 10.0 Å². The van der Waals surface area contributed by atoms with Crippen LogP contribution < -0.4 is 0 Å². The molecule has 21 heavy (non-hydrogen) atoms. The van der Waals surface area contributed by atoms with Gasteiger partial charge in [0.1, 0.15) is 0 Å². The average Bonchev–Trinajstić information content (AvgIpc) is 2.84. The Hall–Kier alpha value is -1.20. The topological polar surface area (TPSA) is 61.2 Å². The smallest absolute Gasteiger partial charge is 0.207 e. The van der Waals surface area contributed by atoms with Crippen LogP contribution in [0.2, 0.25) is 0 Å². The van der Waals surface area contributed by atoms with E-state index in [1.165, 1.54) is 21.7 Å². The average molecular weight is 385 g/mol. The summed E-state index contributed by atoms with van der Waals surface area (Å²) >= 11 is 4.88. The van der Waals surface area contributed by atoms with E-state index in [4.69, 9.17) is 5.26 Å². The molecule has 0 radical (unpaired) electrons. The Labute approximate surface area is 136 Å². The Morgan fingerprint density at radius 1 is 1.38 bits per heavy atom. The number of sulfonamides is 1. The fourth-order valence-electron chi connectivity index (χ4n) is 1.89. The molecule has 0 atom stereocenters. The van der Waals surface area contributed by atoms with E-state index in [-0.39, 0.29) is 4.90 Å². The van der Waals surface area contributed by atoms with Gasteiger partial charge in [0, 0.05) is 13.6 Å². The minimum absolute atomic E-state index is 0.179. The van der Waals surface area contributed by atoms with Crippen LogP contribution >= 0.6 is 27.3 Å². The van der Waals surface area contributed by atoms with Gasteiger partial charge in [0.15, 0.2) is 0 Å². The third-order valence-electron chi connectivity index (χ3n) is 3.03. The van der Waals surface area contributed by atoms with Crippen molar-refractivity contribution in [3.8, 4) is 6.07 Å². The fraction of sp³-hybridized carbons (Fsp3) is 0.214. The van der Waals surface area contributed by atoms with Gasteiger partial charge >= 0.3 is 0 Å². The Morgan fingerprint density at radius 3 is 2.67 bits per heavy atom. The van der Waals surface area contributed by atoms with Crippen molar-refractivity contribution in [1.29, 1.82) is 5.26 Å². The van der Waals surface area contributed by atoms with Crippen molar-refractivity contribution in [3.05, 3.63) is 50.1 Å². The molecule has 1 aromatic carbocycles. The number of benzene rings is 1. The molecule has 0 saturated heterocycles. The Bertz CT molecular complexity index is 807. The predicted octanol–water partition coefficient (Wildman–Crippen LogP) is 3.51. The number of hydrogen-bond acceptors (Lipinski definition) is 4. The molecule has 0 saturated carbocycles. The Kier molecular flexibility index (Phi) is 4.84. The number of nitriles is 1. The Morgan fingerprint density at radius 2 is 2.10 bits per heavy atom. The molecule has 110 valence electrons. The lowest BCUT2D eigenvalue weighted by Gasteiger charge is -2.18. The molecule has 0 bridgehead atoms. The lowest BCUT2D eigenvalue weighted by atomic mass is 10.2. The van der Waals surface area contributed by atoms with E-state index in [0.29, 0.717) is 17.7 Å². The van der Waals surface area contributed by atoms with Crippen molar-refractivity contribution in [1.82, 2.24) is 4.31 Å². The summed E-state index contributed by atoms with van der Waals surface area (Å²) < 4.78 is 27.5. The van der Waals surface area contributed by atoms with Crippen LogP contribution in [0.4, 0.5) is 0 Å². The van der Waals surface area contributed by atoms with Gasteiger partial charge in [0.05, 0.1) is 20.3 Å². The van der Waals surface area contributed by atoms with E-state index in [9.17, 15) is 8.42 Å². The zero-order valence-corrected chi connectivity index (χ0v) is 14.7. The molecule has 1 aromatic heterocycles. The van der Waals surface area contributed by atoms with E-state index >= 15 is 0 Å². The molecule has 1 heterocycles. The van der Waals surface area contributed by atoms with E-state index < -0.39 is 10.0 Å². The molecule has 2 rings (SSSR count). The van der Waals surface area contributed by atoms with Crippen LogP contribution in [0.15, 0.2) is 38.3 Å². The summed E-state index contributed by atoms with van der Waals surface area (Å²) in [5.41, 5.74) is 1.89. The lowest BCUT2D eigenvalue weighted by Crippen LogP contribution is -2.27. The first-order valence-electron chi connectivity index (χ1n) is 6.04. The highest BCUT2D eigenvalue weighted by Gasteiger charge is 2.23. The largest absolute Gasteiger partial charge is 0.243 e. The van der Waals surface area contributed by atoms with Gasteiger partial charge in [-0.2, -0.15) is 9.57 Å². The summed E-state index contributed by atoms with van der Waals surface area (Å²) in [4.78, 5) is 0.179. The van der Waals surface area contributed by atoms with Crippen LogP contribution in [-0.4, -0.2) is 19.8 Å². The van der Waals surface area contributed by atoms with Gasteiger partial charge in [-0.15, -0.1) is 11.3 Å². The normalized spacial score (nSPS) is 11.6. The number of rotatable bonds is 4. The van der Waals surface area contributed by atoms with Gasteiger partial charge in [-0.1, -0.05) is 6.07 Å². The van der Waals surface area contributed by atoms with Gasteiger partial charge < -0.3 is 0 Å². The number of aryl methyl sites for hydroxylation is 1. The molecule has 0 N–H and O–H groups in total.